The summed E-state index contributed by atoms with van der Waals surface area (Å²) in [6.45, 7) is 1.89. The van der Waals surface area contributed by atoms with Crippen LogP contribution in [-0.2, 0) is 16.9 Å². The number of nitrogens with two attached hydrogens (primary N) is 1. The lowest BCUT2D eigenvalue weighted by atomic mass is 9.87. The minimum atomic E-state index is -0.680. The molecule has 26 heavy (non-hydrogen) atoms. The normalized spacial score (nSPS) is 15.5. The zero-order chi connectivity index (χ0) is 17.7. The largest absolute Gasteiger partial charge is 0.352 e. The molecule has 2 aromatic rings. The molecule has 1 aromatic carbocycles. The van der Waals surface area contributed by atoms with Crippen molar-refractivity contribution in [1.82, 2.24) is 20.4 Å². The van der Waals surface area contributed by atoms with E-state index in [1.54, 1.807) is 10.9 Å². The van der Waals surface area contributed by atoms with Crippen LogP contribution in [0, 0.1) is 0 Å². The monoisotopic (exact) mass is 378 g/mol. The van der Waals surface area contributed by atoms with Gasteiger partial charge in [0, 0.05) is 24.6 Å². The van der Waals surface area contributed by atoms with Crippen molar-refractivity contribution in [2.24, 2.45) is 5.73 Å². The van der Waals surface area contributed by atoms with Gasteiger partial charge in [-0.1, -0.05) is 12.1 Å². The van der Waals surface area contributed by atoms with E-state index in [-0.39, 0.29) is 18.3 Å². The first-order chi connectivity index (χ1) is 12.1. The minimum Gasteiger partial charge on any atom is -0.352 e. The van der Waals surface area contributed by atoms with Crippen molar-refractivity contribution in [3.05, 3.63) is 48.3 Å². The van der Waals surface area contributed by atoms with Gasteiger partial charge in [0.1, 0.15) is 5.54 Å². The van der Waals surface area contributed by atoms with Gasteiger partial charge in [-0.15, -0.1) is 12.4 Å². The number of hydrogen-bond acceptors (Lipinski definition) is 4. The Hall–Kier alpha value is -2.58. The van der Waals surface area contributed by atoms with Gasteiger partial charge >= 0.3 is 6.03 Å². The Morgan fingerprint density at radius 2 is 1.92 bits per heavy atom. The second-order valence-corrected chi connectivity index (χ2v) is 6.10. The van der Waals surface area contributed by atoms with E-state index in [0.717, 1.165) is 18.7 Å². The molecule has 3 rings (SSSR count). The lowest BCUT2D eigenvalue weighted by Crippen LogP contribution is -2.52. The molecule has 1 aliphatic rings. The number of primary amides is 1. The van der Waals surface area contributed by atoms with Gasteiger partial charge in [-0.05, 0) is 49.7 Å². The second-order valence-electron chi connectivity index (χ2n) is 6.10. The van der Waals surface area contributed by atoms with Crippen molar-refractivity contribution < 1.29 is 9.59 Å². The predicted octanol–water partition coefficient (Wildman–Crippen LogP) is 1.19. The molecule has 1 aromatic heterocycles. The maximum Gasteiger partial charge on any atom is 0.312 e. The summed E-state index contributed by atoms with van der Waals surface area (Å²) in [5, 5.41) is 13.1. The average Bonchev–Trinajstić information content (AvgIpc) is 3.17. The zero-order valence-electron chi connectivity index (χ0n) is 14.3. The average molecular weight is 379 g/mol. The number of urea groups is 1. The standard InChI is InChI=1S/C17H22N6O2.ClH/c18-16(25)20-12-13-2-4-14(5-3-13)22-15(24)17(6-9-19-10-7-17)23-11-1-8-21-23;/h1-5,8,11,19H,6-7,9-10,12H2,(H,22,24)(H3,18,20,25);1H. The molecule has 1 fully saturated rings. The molecule has 1 saturated heterocycles. The van der Waals surface area contributed by atoms with Crippen LogP contribution < -0.4 is 21.7 Å². The first kappa shape index (κ1) is 19.7. The van der Waals surface area contributed by atoms with Gasteiger partial charge in [0.2, 0.25) is 0 Å². The quantitative estimate of drug-likeness (QED) is 0.625. The second kappa shape index (κ2) is 8.68. The number of rotatable bonds is 5. The highest BCUT2D eigenvalue weighted by atomic mass is 35.5. The van der Waals surface area contributed by atoms with Gasteiger partial charge < -0.3 is 21.7 Å². The van der Waals surface area contributed by atoms with Crippen molar-refractivity contribution in [1.29, 1.82) is 0 Å². The van der Waals surface area contributed by atoms with Crippen molar-refractivity contribution >= 4 is 30.0 Å². The summed E-state index contributed by atoms with van der Waals surface area (Å²) in [5.41, 5.74) is 5.99. The number of halogens is 1. The van der Waals surface area contributed by atoms with Crippen LogP contribution in [0.4, 0.5) is 10.5 Å². The number of nitrogens with zero attached hydrogens (tertiary/aromatic N) is 2. The summed E-state index contributed by atoms with van der Waals surface area (Å²) in [4.78, 5) is 23.8. The van der Waals surface area contributed by atoms with E-state index in [1.807, 2.05) is 36.5 Å². The number of aromatic nitrogens is 2. The summed E-state index contributed by atoms with van der Waals surface area (Å²) >= 11 is 0. The van der Waals surface area contributed by atoms with E-state index in [4.69, 9.17) is 5.73 Å². The number of anilines is 1. The Kier molecular flexibility index (Phi) is 6.59. The molecule has 0 bridgehead atoms. The van der Waals surface area contributed by atoms with Crippen LogP contribution in [0.3, 0.4) is 0 Å². The van der Waals surface area contributed by atoms with Crippen LogP contribution in [0.5, 0.6) is 0 Å². The zero-order valence-corrected chi connectivity index (χ0v) is 15.1. The number of benzene rings is 1. The van der Waals surface area contributed by atoms with Crippen LogP contribution in [0.15, 0.2) is 42.7 Å². The van der Waals surface area contributed by atoms with Crippen molar-refractivity contribution in [2.45, 2.75) is 24.9 Å². The highest BCUT2D eigenvalue weighted by Gasteiger charge is 2.41. The predicted molar refractivity (Wildman–Crippen MR) is 101 cm³/mol. The fraction of sp³-hybridized carbons (Fsp3) is 0.353. The number of piperidine rings is 1. The molecule has 0 atom stereocenters. The lowest BCUT2D eigenvalue weighted by molar-refractivity contribution is -0.126. The van der Waals surface area contributed by atoms with Gasteiger partial charge in [-0.3, -0.25) is 9.48 Å². The van der Waals surface area contributed by atoms with Gasteiger partial charge in [0.25, 0.3) is 5.91 Å². The Morgan fingerprint density at radius 3 is 2.50 bits per heavy atom. The molecule has 5 N–H and O–H groups in total. The van der Waals surface area contributed by atoms with Crippen LogP contribution in [0.1, 0.15) is 18.4 Å². The van der Waals surface area contributed by atoms with Gasteiger partial charge in [-0.25, -0.2) is 4.79 Å². The van der Waals surface area contributed by atoms with E-state index < -0.39 is 11.6 Å². The number of hydrogen-bond donors (Lipinski definition) is 4. The molecule has 0 saturated carbocycles. The molecule has 0 radical (unpaired) electrons. The topological polar surface area (TPSA) is 114 Å². The van der Waals surface area contributed by atoms with Crippen LogP contribution >= 0.6 is 12.4 Å². The van der Waals surface area contributed by atoms with Crippen LogP contribution in [0.25, 0.3) is 0 Å². The Bertz CT molecular complexity index is 726. The maximum absolute atomic E-state index is 13.0. The molecule has 8 nitrogen and oxygen atoms in total. The molecule has 0 spiro atoms. The van der Waals surface area contributed by atoms with Crippen LogP contribution in [0.2, 0.25) is 0 Å². The summed E-state index contributed by atoms with van der Waals surface area (Å²) < 4.78 is 1.76. The summed E-state index contributed by atoms with van der Waals surface area (Å²) in [7, 11) is 0. The van der Waals surface area contributed by atoms with Gasteiger partial charge in [0.05, 0.1) is 0 Å². The molecule has 9 heteroatoms. The first-order valence-corrected chi connectivity index (χ1v) is 8.25. The molecule has 2 heterocycles. The summed E-state index contributed by atoms with van der Waals surface area (Å²) in [5.74, 6) is -0.0688. The highest BCUT2D eigenvalue weighted by Crippen LogP contribution is 2.28. The minimum absolute atomic E-state index is 0. The van der Waals surface area contributed by atoms with Crippen molar-refractivity contribution in [3.8, 4) is 0 Å². The fourth-order valence-corrected chi connectivity index (χ4v) is 3.07. The first-order valence-electron chi connectivity index (χ1n) is 8.25. The molecular formula is C17H23ClN6O2. The number of carbonyl (C=O) groups excluding carboxylic acids is 2. The summed E-state index contributed by atoms with van der Waals surface area (Å²) in [6, 6.07) is 8.58. The molecule has 0 unspecified atom stereocenters. The molecule has 0 aliphatic carbocycles. The SMILES string of the molecule is Cl.NC(=O)NCc1ccc(NC(=O)C2(n3cccn3)CCNCC2)cc1. The van der Waals surface area contributed by atoms with E-state index in [2.05, 4.69) is 21.0 Å². The van der Waals surface area contributed by atoms with Crippen LogP contribution in [-0.4, -0.2) is 34.8 Å². The third kappa shape index (κ3) is 4.33. The molecular weight excluding hydrogens is 356 g/mol. The Balaban J connectivity index is 0.00000243. The highest BCUT2D eigenvalue weighted by molar-refractivity contribution is 5.96. The molecule has 3 amide bonds. The molecule has 140 valence electrons. The van der Waals surface area contributed by atoms with E-state index in [9.17, 15) is 9.59 Å². The maximum atomic E-state index is 13.0. The lowest BCUT2D eigenvalue weighted by Gasteiger charge is -2.36. The Labute approximate surface area is 157 Å². The Morgan fingerprint density at radius 1 is 1.23 bits per heavy atom. The number of carbonyl (C=O) groups is 2. The summed E-state index contributed by atoms with van der Waals surface area (Å²) in [6.07, 6.45) is 4.89. The third-order valence-corrected chi connectivity index (χ3v) is 4.47. The third-order valence-electron chi connectivity index (χ3n) is 4.47. The van der Waals surface area contributed by atoms with Crippen molar-refractivity contribution in [3.63, 3.8) is 0 Å². The van der Waals surface area contributed by atoms with E-state index >= 15 is 0 Å². The number of nitrogens with one attached hydrogen (secondary N) is 3. The van der Waals surface area contributed by atoms with Gasteiger partial charge in [0.15, 0.2) is 0 Å². The van der Waals surface area contributed by atoms with Gasteiger partial charge in [-0.2, -0.15) is 5.10 Å². The fourth-order valence-electron chi connectivity index (χ4n) is 3.07. The number of amides is 3. The van der Waals surface area contributed by atoms with Crippen molar-refractivity contribution in [2.75, 3.05) is 18.4 Å². The smallest absolute Gasteiger partial charge is 0.312 e. The van der Waals surface area contributed by atoms with E-state index in [0.29, 0.717) is 25.1 Å². The van der Waals surface area contributed by atoms with E-state index in [1.165, 1.54) is 0 Å². The molecule has 1 aliphatic heterocycles.